The topological polar surface area (TPSA) is 60.0 Å². The number of alkyl halides is 3. The molecule has 0 saturated carbocycles. The zero-order valence-electron chi connectivity index (χ0n) is 16.6. The molecule has 0 unspecified atom stereocenters. The average molecular weight is 445 g/mol. The molecule has 0 aliphatic rings. The van der Waals surface area contributed by atoms with Crippen LogP contribution in [-0.2, 0) is 6.54 Å². The normalized spacial score (nSPS) is 11.9. The largest absolute Gasteiger partial charge is 0.493 e. The monoisotopic (exact) mass is 445 g/mol. The average Bonchev–Trinajstić information content (AvgIpc) is 2.93. The van der Waals surface area contributed by atoms with Gasteiger partial charge >= 0.3 is 11.2 Å². The van der Waals surface area contributed by atoms with E-state index in [1.807, 2.05) is 31.2 Å². The van der Waals surface area contributed by atoms with Gasteiger partial charge in [-0.05, 0) is 67.1 Å². The number of aromatic nitrogens is 3. The highest BCUT2D eigenvalue weighted by molar-refractivity contribution is 8.00. The van der Waals surface area contributed by atoms with Crippen molar-refractivity contribution in [1.29, 1.82) is 0 Å². The summed E-state index contributed by atoms with van der Waals surface area (Å²) < 4.78 is 40.2. The van der Waals surface area contributed by atoms with Gasteiger partial charge in [0.1, 0.15) is 0 Å². The molecule has 1 N–H and O–H groups in total. The highest BCUT2D eigenvalue weighted by Crippen LogP contribution is 2.37. The minimum atomic E-state index is -4.40. The molecule has 0 radical (unpaired) electrons. The zero-order valence-corrected chi connectivity index (χ0v) is 17.5. The first-order chi connectivity index (χ1) is 14.7. The Labute approximate surface area is 179 Å². The van der Waals surface area contributed by atoms with Crippen molar-refractivity contribution in [3.63, 3.8) is 0 Å². The number of aryl methyl sites for hydroxylation is 1. The van der Waals surface area contributed by atoms with E-state index in [0.29, 0.717) is 5.69 Å². The fourth-order valence-corrected chi connectivity index (χ4v) is 4.06. The lowest BCUT2D eigenvalue weighted by Gasteiger charge is -2.11. The van der Waals surface area contributed by atoms with Crippen LogP contribution in [0.25, 0.3) is 16.6 Å². The Kier molecular flexibility index (Phi) is 5.30. The lowest BCUT2D eigenvalue weighted by Crippen LogP contribution is -2.24. The van der Waals surface area contributed by atoms with Crippen molar-refractivity contribution in [2.75, 3.05) is 0 Å². The van der Waals surface area contributed by atoms with Gasteiger partial charge in [0.25, 0.3) is 0 Å². The molecule has 5 nitrogen and oxygen atoms in total. The first-order valence-corrected chi connectivity index (χ1v) is 10.2. The van der Waals surface area contributed by atoms with Crippen LogP contribution in [0.1, 0.15) is 16.8 Å². The number of pyridine rings is 1. The van der Waals surface area contributed by atoms with E-state index in [2.05, 4.69) is 4.98 Å². The quantitative estimate of drug-likeness (QED) is 0.441. The second kappa shape index (κ2) is 7.81. The standard InChI is InChI=1S/C22H18F3N3O2S/c1-13-11-26-19-6-4-3-5-17(19)18(13)12-27-14(2)20(29)28(21(27)30)15-7-9-16(10-8-15)31-22(23,24)25/h3-11,29H,12H2,1-2H3. The van der Waals surface area contributed by atoms with Crippen molar-refractivity contribution < 1.29 is 18.3 Å². The summed E-state index contributed by atoms with van der Waals surface area (Å²) in [7, 11) is 0. The van der Waals surface area contributed by atoms with Crippen LogP contribution in [0.15, 0.2) is 64.4 Å². The Morgan fingerprint density at radius 1 is 1.06 bits per heavy atom. The van der Waals surface area contributed by atoms with Crippen LogP contribution in [-0.4, -0.2) is 24.7 Å². The van der Waals surface area contributed by atoms with Crippen molar-refractivity contribution in [3.8, 4) is 11.6 Å². The maximum absolute atomic E-state index is 13.1. The molecule has 0 aliphatic carbocycles. The summed E-state index contributed by atoms with van der Waals surface area (Å²) in [5.74, 6) is -0.253. The van der Waals surface area contributed by atoms with Gasteiger partial charge in [-0.3, -0.25) is 9.55 Å². The molecule has 9 heteroatoms. The van der Waals surface area contributed by atoms with Crippen LogP contribution in [0.4, 0.5) is 13.2 Å². The summed E-state index contributed by atoms with van der Waals surface area (Å²) in [6, 6.07) is 12.9. The van der Waals surface area contributed by atoms with E-state index >= 15 is 0 Å². The molecule has 0 fully saturated rings. The lowest BCUT2D eigenvalue weighted by atomic mass is 10.0. The number of rotatable bonds is 4. The number of aromatic hydroxyl groups is 1. The Morgan fingerprint density at radius 3 is 2.42 bits per heavy atom. The molecule has 2 aromatic carbocycles. The zero-order chi connectivity index (χ0) is 22.3. The van der Waals surface area contributed by atoms with Crippen LogP contribution >= 0.6 is 11.8 Å². The maximum atomic E-state index is 13.1. The highest BCUT2D eigenvalue weighted by atomic mass is 32.2. The van der Waals surface area contributed by atoms with Gasteiger partial charge in [0.05, 0.1) is 23.4 Å². The number of hydrogen-bond acceptors (Lipinski definition) is 4. The third kappa shape index (κ3) is 4.05. The number of hydrogen-bond donors (Lipinski definition) is 1. The predicted octanol–water partition coefficient (Wildman–Crippen LogP) is 5.17. The Morgan fingerprint density at radius 2 is 1.74 bits per heavy atom. The molecule has 4 rings (SSSR count). The summed E-state index contributed by atoms with van der Waals surface area (Å²) in [5, 5.41) is 11.5. The number of halogens is 3. The summed E-state index contributed by atoms with van der Waals surface area (Å²) in [4.78, 5) is 17.5. The Balaban J connectivity index is 1.76. The predicted molar refractivity (Wildman–Crippen MR) is 114 cm³/mol. The van der Waals surface area contributed by atoms with Gasteiger partial charge in [-0.15, -0.1) is 0 Å². The summed E-state index contributed by atoms with van der Waals surface area (Å²) >= 11 is -0.235. The SMILES string of the molecule is Cc1cnc2ccccc2c1Cn1c(C)c(O)n(-c2ccc(SC(F)(F)F)cc2)c1=O. The fourth-order valence-electron chi connectivity index (χ4n) is 3.52. The van der Waals surface area contributed by atoms with Crippen LogP contribution in [0.5, 0.6) is 5.88 Å². The molecule has 2 aromatic heterocycles. The molecule has 0 spiro atoms. The number of imidazole rings is 1. The number of para-hydroxylation sites is 1. The molecule has 160 valence electrons. The van der Waals surface area contributed by atoms with E-state index in [-0.39, 0.29) is 34.8 Å². The molecule has 0 aliphatic heterocycles. The van der Waals surface area contributed by atoms with Crippen molar-refractivity contribution in [3.05, 3.63) is 82.0 Å². The summed E-state index contributed by atoms with van der Waals surface area (Å²) in [5.41, 5.74) is -1.62. The van der Waals surface area contributed by atoms with Crippen molar-refractivity contribution >= 4 is 22.7 Å². The van der Waals surface area contributed by atoms with Crippen LogP contribution in [0, 0.1) is 13.8 Å². The number of thioether (sulfide) groups is 1. The van der Waals surface area contributed by atoms with E-state index in [0.717, 1.165) is 26.6 Å². The number of benzene rings is 2. The molecule has 4 aromatic rings. The van der Waals surface area contributed by atoms with Crippen molar-refractivity contribution in [2.24, 2.45) is 0 Å². The van der Waals surface area contributed by atoms with E-state index < -0.39 is 11.2 Å². The first kappa shape index (κ1) is 21.0. The smallest absolute Gasteiger partial charge is 0.446 e. The first-order valence-electron chi connectivity index (χ1n) is 9.36. The van der Waals surface area contributed by atoms with Crippen LogP contribution < -0.4 is 5.69 Å². The number of fused-ring (bicyclic) bond motifs is 1. The molecule has 0 bridgehead atoms. The van der Waals surface area contributed by atoms with Gasteiger partial charge in [-0.1, -0.05) is 18.2 Å². The van der Waals surface area contributed by atoms with E-state index in [1.165, 1.54) is 28.8 Å². The van der Waals surface area contributed by atoms with Crippen LogP contribution in [0.3, 0.4) is 0 Å². The molecular formula is C22H18F3N3O2S. The minimum absolute atomic E-state index is 0.00109. The maximum Gasteiger partial charge on any atom is 0.446 e. The number of nitrogens with zero attached hydrogens (tertiary/aromatic N) is 3. The van der Waals surface area contributed by atoms with Gasteiger partial charge in [0.2, 0.25) is 5.88 Å². The van der Waals surface area contributed by atoms with Crippen molar-refractivity contribution in [1.82, 2.24) is 14.1 Å². The third-order valence-electron chi connectivity index (χ3n) is 5.11. The van der Waals surface area contributed by atoms with Gasteiger partial charge in [0, 0.05) is 16.5 Å². The second-order valence-corrected chi connectivity index (χ2v) is 8.23. The van der Waals surface area contributed by atoms with Gasteiger partial charge in [0.15, 0.2) is 0 Å². The van der Waals surface area contributed by atoms with Gasteiger partial charge < -0.3 is 5.11 Å². The summed E-state index contributed by atoms with van der Waals surface area (Å²) in [6.07, 6.45) is 1.74. The fraction of sp³-hybridized carbons (Fsp3) is 0.182. The van der Waals surface area contributed by atoms with Gasteiger partial charge in [-0.25, -0.2) is 9.36 Å². The van der Waals surface area contributed by atoms with Gasteiger partial charge in [-0.2, -0.15) is 13.2 Å². The molecule has 0 atom stereocenters. The second-order valence-electron chi connectivity index (χ2n) is 7.09. The van der Waals surface area contributed by atoms with E-state index in [1.54, 1.807) is 13.1 Å². The van der Waals surface area contributed by atoms with E-state index in [9.17, 15) is 23.1 Å². The Bertz CT molecular complexity index is 1330. The highest BCUT2D eigenvalue weighted by Gasteiger charge is 2.29. The third-order valence-corrected chi connectivity index (χ3v) is 5.85. The minimum Gasteiger partial charge on any atom is -0.493 e. The lowest BCUT2D eigenvalue weighted by molar-refractivity contribution is -0.0328. The van der Waals surface area contributed by atoms with Crippen molar-refractivity contribution in [2.45, 2.75) is 30.8 Å². The Hall–Kier alpha value is -3.20. The molecular weight excluding hydrogens is 427 g/mol. The summed E-state index contributed by atoms with van der Waals surface area (Å²) in [6.45, 7) is 3.75. The molecule has 31 heavy (non-hydrogen) atoms. The molecule has 0 amide bonds. The molecule has 0 saturated heterocycles. The van der Waals surface area contributed by atoms with Crippen LogP contribution in [0.2, 0.25) is 0 Å². The molecule has 2 heterocycles. The van der Waals surface area contributed by atoms with E-state index in [4.69, 9.17) is 0 Å².